The lowest BCUT2D eigenvalue weighted by atomic mass is 10.4. The van der Waals surface area contributed by atoms with Crippen LogP contribution in [-0.4, -0.2) is 16.8 Å². The Morgan fingerprint density at radius 3 is 2.33 bits per heavy atom. The first kappa shape index (κ1) is 6.96. The van der Waals surface area contributed by atoms with Gasteiger partial charge in [0.1, 0.15) is 0 Å². The number of hydrogen-bond acceptors (Lipinski definition) is 3. The monoisotopic (exact) mass is 170 g/mol. The maximum atomic E-state index is 10.3. The van der Waals surface area contributed by atoms with Crippen LogP contribution >= 0.6 is 23.2 Å². The molecule has 0 aromatic carbocycles. The summed E-state index contributed by atoms with van der Waals surface area (Å²) in [4.78, 5) is 10.3. The number of carbonyl (C=O) groups is 1. The lowest BCUT2D eigenvalue weighted by Gasteiger charge is -2.10. The predicted octanol–water partition coefficient (Wildman–Crippen LogP) is 1.67. The molecule has 1 atom stereocenters. The summed E-state index contributed by atoms with van der Waals surface area (Å²) in [7, 11) is 0. The molecule has 0 spiro atoms. The van der Waals surface area contributed by atoms with E-state index >= 15 is 0 Å². The molecule has 0 bridgehead atoms. The van der Waals surface area contributed by atoms with Crippen molar-refractivity contribution in [1.82, 2.24) is 0 Å². The lowest BCUT2D eigenvalue weighted by Crippen LogP contribution is -2.23. The summed E-state index contributed by atoms with van der Waals surface area (Å²) in [5.74, 6) is 0. The molecule has 0 saturated carbocycles. The standard InChI is InChI=1S/C4H4Cl2O3/c1-2-4(5,6)9-3(7)8-2/h2H,1H3. The minimum absolute atomic E-state index is 0.603. The molecule has 9 heavy (non-hydrogen) atoms. The van der Waals surface area contributed by atoms with E-state index in [1.54, 1.807) is 6.92 Å². The zero-order chi connectivity index (χ0) is 7.07. The van der Waals surface area contributed by atoms with Gasteiger partial charge in [-0.25, -0.2) is 4.79 Å². The van der Waals surface area contributed by atoms with Crippen molar-refractivity contribution in [3.63, 3.8) is 0 Å². The van der Waals surface area contributed by atoms with E-state index in [1.165, 1.54) is 0 Å². The first-order valence-corrected chi connectivity index (χ1v) is 3.05. The van der Waals surface area contributed by atoms with Gasteiger partial charge in [0.25, 0.3) is 0 Å². The third kappa shape index (κ3) is 1.22. The Hall–Kier alpha value is -0.150. The van der Waals surface area contributed by atoms with E-state index in [-0.39, 0.29) is 0 Å². The van der Waals surface area contributed by atoms with Gasteiger partial charge in [-0.2, -0.15) is 0 Å². The molecule has 3 nitrogen and oxygen atoms in total. The van der Waals surface area contributed by atoms with E-state index in [9.17, 15) is 4.79 Å². The van der Waals surface area contributed by atoms with Crippen molar-refractivity contribution < 1.29 is 14.3 Å². The minimum atomic E-state index is -1.50. The molecule has 0 aromatic heterocycles. The molecule has 0 N–H and O–H groups in total. The molecule has 1 unspecified atom stereocenters. The summed E-state index contributed by atoms with van der Waals surface area (Å²) in [6, 6.07) is 0. The topological polar surface area (TPSA) is 35.5 Å². The third-order valence-electron chi connectivity index (χ3n) is 0.966. The maximum absolute atomic E-state index is 10.3. The van der Waals surface area contributed by atoms with Gasteiger partial charge in [-0.05, 0) is 6.92 Å². The molecule has 1 rings (SSSR count). The highest BCUT2D eigenvalue weighted by Gasteiger charge is 2.46. The predicted molar refractivity (Wildman–Crippen MR) is 31.5 cm³/mol. The van der Waals surface area contributed by atoms with Crippen LogP contribution in [0.2, 0.25) is 0 Å². The van der Waals surface area contributed by atoms with Crippen LogP contribution in [0.5, 0.6) is 0 Å². The summed E-state index contributed by atoms with van der Waals surface area (Å²) in [5, 5.41) is 0. The van der Waals surface area contributed by atoms with E-state index in [2.05, 4.69) is 9.47 Å². The normalized spacial score (nSPS) is 31.4. The fourth-order valence-corrected chi connectivity index (χ4v) is 0.646. The molecule has 0 aromatic rings. The number of rotatable bonds is 0. The van der Waals surface area contributed by atoms with Crippen LogP contribution in [-0.2, 0) is 9.47 Å². The lowest BCUT2D eigenvalue weighted by molar-refractivity contribution is 0.119. The molecule has 1 fully saturated rings. The molecule has 0 aliphatic carbocycles. The Labute approximate surface area is 61.8 Å². The zero-order valence-corrected chi connectivity index (χ0v) is 6.07. The minimum Gasteiger partial charge on any atom is -0.424 e. The molecule has 0 radical (unpaired) electrons. The molecule has 1 aliphatic rings. The van der Waals surface area contributed by atoms with Crippen LogP contribution in [0, 0.1) is 0 Å². The van der Waals surface area contributed by atoms with Crippen LogP contribution in [0.3, 0.4) is 0 Å². The third-order valence-corrected chi connectivity index (χ3v) is 1.73. The summed E-state index contributed by atoms with van der Waals surface area (Å²) < 4.78 is 7.28. The number of ether oxygens (including phenoxy) is 2. The highest BCUT2D eigenvalue weighted by atomic mass is 35.5. The van der Waals surface area contributed by atoms with Crippen LogP contribution in [0.15, 0.2) is 0 Å². The second-order valence-electron chi connectivity index (χ2n) is 1.67. The average molecular weight is 171 g/mol. The van der Waals surface area contributed by atoms with E-state index < -0.39 is 16.8 Å². The van der Waals surface area contributed by atoms with Crippen molar-refractivity contribution in [2.75, 3.05) is 0 Å². The Morgan fingerprint density at radius 2 is 2.22 bits per heavy atom. The fraction of sp³-hybridized carbons (Fsp3) is 0.750. The van der Waals surface area contributed by atoms with Crippen molar-refractivity contribution in [3.05, 3.63) is 0 Å². The van der Waals surface area contributed by atoms with Crippen LogP contribution < -0.4 is 0 Å². The first-order chi connectivity index (χ1) is 4.02. The molecular weight excluding hydrogens is 167 g/mol. The van der Waals surface area contributed by atoms with Gasteiger partial charge < -0.3 is 9.47 Å². The van der Waals surface area contributed by atoms with E-state index in [1.807, 2.05) is 0 Å². The van der Waals surface area contributed by atoms with Gasteiger partial charge in [0, 0.05) is 0 Å². The Kier molecular flexibility index (Phi) is 1.49. The highest BCUT2D eigenvalue weighted by Crippen LogP contribution is 2.34. The fourth-order valence-electron chi connectivity index (χ4n) is 0.431. The summed E-state index contributed by atoms with van der Waals surface area (Å²) >= 11 is 10.8. The first-order valence-electron chi connectivity index (χ1n) is 2.30. The van der Waals surface area contributed by atoms with E-state index in [0.29, 0.717) is 0 Å². The maximum Gasteiger partial charge on any atom is 0.511 e. The van der Waals surface area contributed by atoms with Crippen molar-refractivity contribution in [2.24, 2.45) is 0 Å². The van der Waals surface area contributed by atoms with Gasteiger partial charge in [-0.15, -0.1) is 0 Å². The Bertz CT molecular complexity index is 145. The van der Waals surface area contributed by atoms with Crippen molar-refractivity contribution >= 4 is 29.4 Å². The van der Waals surface area contributed by atoms with Gasteiger partial charge in [-0.3, -0.25) is 0 Å². The zero-order valence-electron chi connectivity index (χ0n) is 4.56. The second-order valence-corrected chi connectivity index (χ2v) is 2.99. The average Bonchev–Trinajstić information content (AvgIpc) is 1.79. The highest BCUT2D eigenvalue weighted by molar-refractivity contribution is 6.48. The summed E-state index contributed by atoms with van der Waals surface area (Å²) in [5.41, 5.74) is 0. The largest absolute Gasteiger partial charge is 0.511 e. The number of cyclic esters (lactones) is 2. The van der Waals surface area contributed by atoms with Crippen molar-refractivity contribution in [1.29, 1.82) is 0 Å². The van der Waals surface area contributed by atoms with Gasteiger partial charge >= 0.3 is 10.7 Å². The molecule has 52 valence electrons. The number of carbonyl (C=O) groups excluding carboxylic acids is 1. The van der Waals surface area contributed by atoms with Gasteiger partial charge in [0.05, 0.1) is 0 Å². The van der Waals surface area contributed by atoms with Crippen molar-refractivity contribution in [3.8, 4) is 0 Å². The molecule has 5 heteroatoms. The van der Waals surface area contributed by atoms with E-state index in [4.69, 9.17) is 23.2 Å². The molecule has 0 amide bonds. The second kappa shape index (κ2) is 1.92. The molecular formula is C4H4Cl2O3. The number of hydrogen-bond donors (Lipinski definition) is 0. The van der Waals surface area contributed by atoms with E-state index in [0.717, 1.165) is 0 Å². The van der Waals surface area contributed by atoms with Gasteiger partial charge in [0.2, 0.25) is 0 Å². The SMILES string of the molecule is CC1OC(=O)OC1(Cl)Cl. The van der Waals surface area contributed by atoms with Crippen LogP contribution in [0.1, 0.15) is 6.92 Å². The Balaban J connectivity index is 2.69. The molecule has 1 aliphatic heterocycles. The number of halogens is 2. The summed E-state index contributed by atoms with van der Waals surface area (Å²) in [6.07, 6.45) is -1.43. The van der Waals surface area contributed by atoms with Crippen LogP contribution in [0.4, 0.5) is 4.79 Å². The van der Waals surface area contributed by atoms with Gasteiger partial charge in [-0.1, -0.05) is 23.2 Å². The van der Waals surface area contributed by atoms with Crippen LogP contribution in [0.25, 0.3) is 0 Å². The smallest absolute Gasteiger partial charge is 0.424 e. The quantitative estimate of drug-likeness (QED) is 0.410. The Morgan fingerprint density at radius 1 is 1.67 bits per heavy atom. The van der Waals surface area contributed by atoms with Crippen molar-refractivity contribution in [2.45, 2.75) is 17.5 Å². The summed E-state index contributed by atoms with van der Waals surface area (Å²) in [6.45, 7) is 1.55. The van der Waals surface area contributed by atoms with Gasteiger partial charge in [0.15, 0.2) is 6.10 Å². The number of alkyl halides is 2. The molecule has 1 saturated heterocycles. The molecule has 1 heterocycles.